The van der Waals surface area contributed by atoms with Gasteiger partial charge in [-0.25, -0.2) is 0 Å². The van der Waals surface area contributed by atoms with E-state index in [1.54, 1.807) is 7.11 Å². The number of methoxy groups -OCH3 is 1. The van der Waals surface area contributed by atoms with Crippen LogP contribution < -0.4 is 5.73 Å². The Morgan fingerprint density at radius 3 is 2.25 bits per heavy atom. The Morgan fingerprint density at radius 2 is 1.85 bits per heavy atom. The number of nitrogens with two attached hydrogens (primary N) is 1. The second kappa shape index (κ2) is 9.79. The monoisotopic (exact) mass is 327 g/mol. The summed E-state index contributed by atoms with van der Waals surface area (Å²) >= 11 is 0. The Kier molecular flexibility index (Phi) is 9.76. The van der Waals surface area contributed by atoms with E-state index in [9.17, 15) is 4.79 Å². The third-order valence-corrected chi connectivity index (χ3v) is 4.26. The third-order valence-electron chi connectivity index (χ3n) is 4.26. The number of carbonyl (C=O) groups is 1. The summed E-state index contributed by atoms with van der Waals surface area (Å²) in [6.07, 6.45) is 4.33. The van der Waals surface area contributed by atoms with Crippen LogP contribution in [0.4, 0.5) is 0 Å². The number of carbonyl (C=O) groups excluding carboxylic acids is 1. The average molecular weight is 328 g/mol. The highest BCUT2D eigenvalue weighted by atomic mass is 35.5. The van der Waals surface area contributed by atoms with Gasteiger partial charge in [0.25, 0.3) is 0 Å². The van der Waals surface area contributed by atoms with E-state index in [0.29, 0.717) is 13.0 Å². The second-order valence-electron chi connectivity index (χ2n) is 5.30. The second-order valence-corrected chi connectivity index (χ2v) is 5.30. The summed E-state index contributed by atoms with van der Waals surface area (Å²) in [7, 11) is 1.61. The first-order valence-electron chi connectivity index (χ1n) is 6.99. The van der Waals surface area contributed by atoms with Gasteiger partial charge in [0.2, 0.25) is 5.91 Å². The lowest BCUT2D eigenvalue weighted by molar-refractivity contribution is -0.136. The molecule has 1 heterocycles. The Morgan fingerprint density at radius 1 is 1.25 bits per heavy atom. The van der Waals surface area contributed by atoms with Gasteiger partial charge in [-0.1, -0.05) is 6.42 Å². The van der Waals surface area contributed by atoms with Crippen LogP contribution in [0, 0.1) is 0 Å². The fourth-order valence-corrected chi connectivity index (χ4v) is 2.68. The van der Waals surface area contributed by atoms with Crippen molar-refractivity contribution in [1.29, 1.82) is 0 Å². The van der Waals surface area contributed by atoms with Crippen molar-refractivity contribution in [3.05, 3.63) is 0 Å². The SMILES string of the molecule is COC(CN)CC(=O)N1CCN(C2CCC2)CC1.Cl.Cl. The molecule has 7 heteroatoms. The predicted octanol–water partition coefficient (Wildman–Crippen LogP) is 0.890. The molecule has 0 aromatic heterocycles. The molecular formula is C13H27Cl2N3O2. The molecule has 5 nitrogen and oxygen atoms in total. The van der Waals surface area contributed by atoms with Crippen molar-refractivity contribution in [3.63, 3.8) is 0 Å². The van der Waals surface area contributed by atoms with Crippen LogP contribution in [0.3, 0.4) is 0 Å². The third kappa shape index (κ3) is 5.04. The Balaban J connectivity index is 0.00000180. The molecule has 1 atom stereocenters. The van der Waals surface area contributed by atoms with Gasteiger partial charge < -0.3 is 15.4 Å². The summed E-state index contributed by atoms with van der Waals surface area (Å²) in [6, 6.07) is 0.790. The van der Waals surface area contributed by atoms with E-state index < -0.39 is 0 Å². The van der Waals surface area contributed by atoms with Gasteiger partial charge >= 0.3 is 0 Å². The summed E-state index contributed by atoms with van der Waals surface area (Å²) in [4.78, 5) is 16.5. The molecule has 1 saturated heterocycles. The summed E-state index contributed by atoms with van der Waals surface area (Å²) in [5.41, 5.74) is 5.54. The van der Waals surface area contributed by atoms with E-state index in [0.717, 1.165) is 32.2 Å². The van der Waals surface area contributed by atoms with E-state index >= 15 is 0 Å². The quantitative estimate of drug-likeness (QED) is 0.814. The number of hydrogen-bond donors (Lipinski definition) is 1. The van der Waals surface area contributed by atoms with E-state index in [1.165, 1.54) is 19.3 Å². The van der Waals surface area contributed by atoms with Crippen LogP contribution in [-0.4, -0.2) is 67.7 Å². The van der Waals surface area contributed by atoms with Crippen molar-refractivity contribution in [3.8, 4) is 0 Å². The molecule has 0 spiro atoms. The van der Waals surface area contributed by atoms with Crippen LogP contribution >= 0.6 is 24.8 Å². The van der Waals surface area contributed by atoms with Crippen LogP contribution in [0.1, 0.15) is 25.7 Å². The van der Waals surface area contributed by atoms with Crippen molar-refractivity contribution < 1.29 is 9.53 Å². The lowest BCUT2D eigenvalue weighted by Crippen LogP contribution is -2.54. The highest BCUT2D eigenvalue weighted by molar-refractivity contribution is 5.85. The van der Waals surface area contributed by atoms with Crippen LogP contribution in [0.25, 0.3) is 0 Å². The molecule has 1 amide bonds. The molecule has 0 aromatic rings. The van der Waals surface area contributed by atoms with E-state index in [-0.39, 0.29) is 36.8 Å². The molecule has 1 saturated carbocycles. The number of piperazine rings is 1. The predicted molar refractivity (Wildman–Crippen MR) is 84.8 cm³/mol. The summed E-state index contributed by atoms with van der Waals surface area (Å²) < 4.78 is 5.16. The maximum atomic E-state index is 12.1. The normalized spacial score (nSPS) is 21.4. The molecule has 0 aromatic carbocycles. The molecule has 2 aliphatic rings. The standard InChI is InChI=1S/C13H25N3O2.2ClH/c1-18-12(10-14)9-13(17)16-7-5-15(6-8-16)11-3-2-4-11;;/h11-12H,2-10,14H2,1H3;2*1H. The zero-order chi connectivity index (χ0) is 13.0. The molecule has 2 rings (SSSR count). The van der Waals surface area contributed by atoms with Gasteiger partial charge in [-0.2, -0.15) is 0 Å². The van der Waals surface area contributed by atoms with Crippen molar-refractivity contribution in [1.82, 2.24) is 9.80 Å². The minimum Gasteiger partial charge on any atom is -0.380 e. The van der Waals surface area contributed by atoms with Crippen molar-refractivity contribution >= 4 is 30.7 Å². The van der Waals surface area contributed by atoms with Gasteiger partial charge in [-0.3, -0.25) is 9.69 Å². The minimum atomic E-state index is -0.137. The van der Waals surface area contributed by atoms with E-state index in [4.69, 9.17) is 10.5 Å². The topological polar surface area (TPSA) is 58.8 Å². The number of ether oxygens (including phenoxy) is 1. The van der Waals surface area contributed by atoms with Gasteiger partial charge in [0.05, 0.1) is 12.5 Å². The molecule has 1 aliphatic heterocycles. The molecule has 0 bridgehead atoms. The first-order valence-corrected chi connectivity index (χ1v) is 6.99. The maximum absolute atomic E-state index is 12.1. The average Bonchev–Trinajstić information content (AvgIpc) is 2.34. The van der Waals surface area contributed by atoms with Gasteiger partial charge in [0, 0.05) is 45.9 Å². The highest BCUT2D eigenvalue weighted by Gasteiger charge is 2.29. The number of rotatable bonds is 5. The van der Waals surface area contributed by atoms with E-state index in [2.05, 4.69) is 4.90 Å². The molecule has 1 unspecified atom stereocenters. The van der Waals surface area contributed by atoms with Crippen LogP contribution in [0.5, 0.6) is 0 Å². The summed E-state index contributed by atoms with van der Waals surface area (Å²) in [5, 5.41) is 0. The zero-order valence-corrected chi connectivity index (χ0v) is 13.8. The molecule has 0 radical (unpaired) electrons. The summed E-state index contributed by atoms with van der Waals surface area (Å²) in [6.45, 7) is 4.17. The first kappa shape index (κ1) is 19.9. The number of hydrogen-bond acceptors (Lipinski definition) is 4. The van der Waals surface area contributed by atoms with Crippen LogP contribution in [0.2, 0.25) is 0 Å². The van der Waals surface area contributed by atoms with Crippen molar-refractivity contribution in [2.45, 2.75) is 37.8 Å². The zero-order valence-electron chi connectivity index (χ0n) is 12.1. The Labute approximate surface area is 134 Å². The van der Waals surface area contributed by atoms with Gasteiger partial charge in [0.15, 0.2) is 0 Å². The number of amides is 1. The molecule has 20 heavy (non-hydrogen) atoms. The van der Waals surface area contributed by atoms with Crippen LogP contribution in [-0.2, 0) is 9.53 Å². The van der Waals surface area contributed by atoms with Crippen molar-refractivity contribution in [2.75, 3.05) is 39.8 Å². The van der Waals surface area contributed by atoms with Crippen LogP contribution in [0.15, 0.2) is 0 Å². The van der Waals surface area contributed by atoms with Crippen molar-refractivity contribution in [2.24, 2.45) is 5.73 Å². The fourth-order valence-electron chi connectivity index (χ4n) is 2.68. The molecule has 2 N–H and O–H groups in total. The summed E-state index contributed by atoms with van der Waals surface area (Å²) in [5.74, 6) is 0.181. The Hall–Kier alpha value is -0.0700. The van der Waals surface area contributed by atoms with E-state index in [1.807, 2.05) is 4.90 Å². The lowest BCUT2D eigenvalue weighted by Gasteiger charge is -2.43. The Bertz CT molecular complexity index is 279. The number of nitrogens with zero attached hydrogens (tertiary/aromatic N) is 2. The molecule has 1 aliphatic carbocycles. The molecule has 120 valence electrons. The minimum absolute atomic E-state index is 0. The fraction of sp³-hybridized carbons (Fsp3) is 0.923. The maximum Gasteiger partial charge on any atom is 0.225 e. The smallest absolute Gasteiger partial charge is 0.225 e. The first-order chi connectivity index (χ1) is 8.74. The van der Waals surface area contributed by atoms with Gasteiger partial charge in [-0.15, -0.1) is 24.8 Å². The lowest BCUT2D eigenvalue weighted by atomic mass is 9.91. The largest absolute Gasteiger partial charge is 0.380 e. The highest BCUT2D eigenvalue weighted by Crippen LogP contribution is 2.25. The van der Waals surface area contributed by atoms with Gasteiger partial charge in [0.1, 0.15) is 0 Å². The molecule has 2 fully saturated rings. The molecular weight excluding hydrogens is 301 g/mol. The van der Waals surface area contributed by atoms with Gasteiger partial charge in [-0.05, 0) is 12.8 Å². The number of halogens is 2.